The number of rotatable bonds is 3. The molecular weight excluding hydrogens is 254 g/mol. The Morgan fingerprint density at radius 1 is 1.22 bits per heavy atom. The van der Waals surface area contributed by atoms with Crippen LogP contribution >= 0.6 is 0 Å². The summed E-state index contributed by atoms with van der Waals surface area (Å²) >= 11 is 0. The van der Waals surface area contributed by atoms with Crippen LogP contribution in [0.4, 0.5) is 0 Å². The molecule has 2 rings (SSSR count). The molecule has 6 nitrogen and oxygen atoms in total. The lowest BCUT2D eigenvalue weighted by Gasteiger charge is -2.06. The van der Waals surface area contributed by atoms with Crippen LogP contribution in [0.5, 0.6) is 0 Å². The Morgan fingerprint density at radius 2 is 1.89 bits per heavy atom. The molecule has 2 aromatic rings. The Balaban J connectivity index is 2.46. The van der Waals surface area contributed by atoms with Gasteiger partial charge >= 0.3 is 5.97 Å². The summed E-state index contributed by atoms with van der Waals surface area (Å²) in [6.07, 6.45) is 1.42. The highest BCUT2D eigenvalue weighted by molar-refractivity contribution is 7.92. The fraction of sp³-hybridized carbons (Fsp3) is 0. The number of hydrogen-bond donors (Lipinski definition) is 2. The van der Waals surface area contributed by atoms with E-state index in [0.717, 1.165) is 0 Å². The topological polar surface area (TPSA) is 104 Å². The Morgan fingerprint density at radius 3 is 2.39 bits per heavy atom. The zero-order valence-electron chi connectivity index (χ0n) is 9.11. The number of nitrogens with zero attached hydrogens (tertiary/aromatic N) is 2. The van der Waals surface area contributed by atoms with Gasteiger partial charge in [0, 0.05) is 6.20 Å². The molecule has 1 aromatic heterocycles. The summed E-state index contributed by atoms with van der Waals surface area (Å²) in [7, 11) is -3.25. The third kappa shape index (κ3) is 2.21. The molecule has 2 N–H and O–H groups in total. The molecule has 0 spiro atoms. The van der Waals surface area contributed by atoms with Gasteiger partial charge in [-0.2, -0.15) is 5.10 Å². The van der Waals surface area contributed by atoms with E-state index in [4.69, 9.17) is 9.89 Å². The highest BCUT2D eigenvalue weighted by Crippen LogP contribution is 2.19. The second-order valence-corrected chi connectivity index (χ2v) is 5.45. The Bertz CT molecular complexity index is 666. The number of hydrogen-bond acceptors (Lipinski definition) is 5. The average molecular weight is 263 g/mol. The molecule has 0 amide bonds. The number of carbonyl (C=O) groups is 1. The molecular formula is C11H9N3O3S. The first kappa shape index (κ1) is 12.2. The van der Waals surface area contributed by atoms with Crippen LogP contribution in [-0.4, -0.2) is 25.5 Å². The molecule has 18 heavy (non-hydrogen) atoms. The number of aromatic carboxylic acids is 1. The van der Waals surface area contributed by atoms with Crippen LogP contribution in [0.3, 0.4) is 0 Å². The zero-order valence-corrected chi connectivity index (χ0v) is 9.92. The smallest absolute Gasteiger partial charge is 0.335 e. The van der Waals surface area contributed by atoms with Crippen LogP contribution in [0.15, 0.2) is 52.5 Å². The van der Waals surface area contributed by atoms with E-state index in [2.05, 4.69) is 10.2 Å². The molecule has 0 aliphatic heterocycles. The van der Waals surface area contributed by atoms with Gasteiger partial charge in [0.15, 0.2) is 5.03 Å². The van der Waals surface area contributed by atoms with Crippen molar-refractivity contribution in [3.05, 3.63) is 48.2 Å². The summed E-state index contributed by atoms with van der Waals surface area (Å²) in [6, 6.07) is 8.32. The van der Waals surface area contributed by atoms with E-state index < -0.39 is 15.7 Å². The molecule has 0 fully saturated rings. The van der Waals surface area contributed by atoms with Crippen molar-refractivity contribution in [2.45, 2.75) is 9.92 Å². The highest BCUT2D eigenvalue weighted by Gasteiger charge is 2.15. The third-order valence-electron chi connectivity index (χ3n) is 2.28. The minimum absolute atomic E-state index is 0.0491. The number of aromatic nitrogens is 2. The molecule has 0 bridgehead atoms. The van der Waals surface area contributed by atoms with Crippen molar-refractivity contribution in [2.24, 2.45) is 0 Å². The fourth-order valence-electron chi connectivity index (χ4n) is 1.35. The van der Waals surface area contributed by atoms with Gasteiger partial charge in [-0.25, -0.2) is 13.8 Å². The predicted molar refractivity (Wildman–Crippen MR) is 62.8 cm³/mol. The van der Waals surface area contributed by atoms with Gasteiger partial charge in [0.05, 0.1) is 10.5 Å². The standard InChI is InChI=1S/C11H9N3O3S/c12-18(17,10-2-1-7-13-14-10)9-5-3-8(4-6-9)11(15)16/h1-7,12H,(H,15,16). The van der Waals surface area contributed by atoms with Crippen LogP contribution in [0, 0.1) is 4.78 Å². The largest absolute Gasteiger partial charge is 0.478 e. The molecule has 7 heteroatoms. The van der Waals surface area contributed by atoms with Gasteiger partial charge in [0.25, 0.3) is 0 Å². The van der Waals surface area contributed by atoms with E-state index in [-0.39, 0.29) is 15.5 Å². The SMILES string of the molecule is N=S(=O)(c1ccc(C(=O)O)cc1)c1cccnn1. The van der Waals surface area contributed by atoms with Crippen molar-refractivity contribution in [1.82, 2.24) is 10.2 Å². The van der Waals surface area contributed by atoms with Gasteiger partial charge in [0.1, 0.15) is 9.73 Å². The molecule has 1 atom stereocenters. The molecule has 0 aliphatic rings. The minimum atomic E-state index is -3.25. The molecule has 0 aliphatic carbocycles. The van der Waals surface area contributed by atoms with Crippen LogP contribution in [0.2, 0.25) is 0 Å². The number of carboxylic acids is 1. The fourth-order valence-corrected chi connectivity index (χ4v) is 2.54. The third-order valence-corrected chi connectivity index (χ3v) is 4.02. The zero-order chi connectivity index (χ0) is 13.2. The number of nitrogens with one attached hydrogen (secondary N) is 1. The normalized spacial score (nSPS) is 13.8. The summed E-state index contributed by atoms with van der Waals surface area (Å²) in [6.45, 7) is 0. The molecule has 92 valence electrons. The Kier molecular flexibility index (Phi) is 3.07. The van der Waals surface area contributed by atoms with Gasteiger partial charge in [-0.3, -0.25) is 0 Å². The van der Waals surface area contributed by atoms with Crippen LogP contribution in [0.1, 0.15) is 10.4 Å². The van der Waals surface area contributed by atoms with Gasteiger partial charge in [-0.1, -0.05) is 0 Å². The van der Waals surface area contributed by atoms with Gasteiger partial charge in [-0.15, -0.1) is 5.10 Å². The van der Waals surface area contributed by atoms with Gasteiger partial charge in [0.2, 0.25) is 0 Å². The molecule has 0 saturated carbocycles. The first-order chi connectivity index (χ1) is 8.51. The summed E-state index contributed by atoms with van der Waals surface area (Å²) < 4.78 is 20.2. The molecule has 1 heterocycles. The van der Waals surface area contributed by atoms with E-state index in [9.17, 15) is 9.00 Å². The van der Waals surface area contributed by atoms with Crippen LogP contribution in [-0.2, 0) is 9.73 Å². The number of carboxylic acid groups (broad SMARTS) is 1. The first-order valence-electron chi connectivity index (χ1n) is 4.92. The monoisotopic (exact) mass is 263 g/mol. The van der Waals surface area contributed by atoms with Crippen molar-refractivity contribution in [1.29, 1.82) is 4.78 Å². The van der Waals surface area contributed by atoms with Gasteiger partial charge < -0.3 is 5.11 Å². The minimum Gasteiger partial charge on any atom is -0.478 e. The lowest BCUT2D eigenvalue weighted by molar-refractivity contribution is 0.0697. The van der Waals surface area contributed by atoms with Crippen molar-refractivity contribution in [2.75, 3.05) is 0 Å². The van der Waals surface area contributed by atoms with E-state index in [1.165, 1.54) is 36.5 Å². The van der Waals surface area contributed by atoms with Crippen LogP contribution < -0.4 is 0 Å². The predicted octanol–water partition coefficient (Wildman–Crippen LogP) is 1.64. The summed E-state index contributed by atoms with van der Waals surface area (Å²) in [5.74, 6) is -1.07. The number of benzene rings is 1. The lowest BCUT2D eigenvalue weighted by Crippen LogP contribution is -2.04. The molecule has 0 saturated heterocycles. The summed E-state index contributed by atoms with van der Waals surface area (Å²) in [5, 5.41) is 16.0. The molecule has 0 radical (unpaired) electrons. The Labute approximate surface area is 103 Å². The average Bonchev–Trinajstić information content (AvgIpc) is 2.40. The first-order valence-corrected chi connectivity index (χ1v) is 6.47. The Hall–Kier alpha value is -2.28. The van der Waals surface area contributed by atoms with Crippen molar-refractivity contribution >= 4 is 15.7 Å². The maximum atomic E-state index is 12.3. The summed E-state index contributed by atoms with van der Waals surface area (Å²) in [4.78, 5) is 10.9. The maximum Gasteiger partial charge on any atom is 0.335 e. The van der Waals surface area contributed by atoms with Gasteiger partial charge in [-0.05, 0) is 36.4 Å². The van der Waals surface area contributed by atoms with Crippen molar-refractivity contribution in [3.8, 4) is 0 Å². The maximum absolute atomic E-state index is 12.3. The quantitative estimate of drug-likeness (QED) is 0.875. The van der Waals surface area contributed by atoms with Crippen LogP contribution in [0.25, 0.3) is 0 Å². The summed E-state index contributed by atoms with van der Waals surface area (Å²) in [5.41, 5.74) is 0.0769. The molecule has 1 aromatic carbocycles. The van der Waals surface area contributed by atoms with Crippen molar-refractivity contribution in [3.63, 3.8) is 0 Å². The van der Waals surface area contributed by atoms with E-state index in [1.54, 1.807) is 6.07 Å². The van der Waals surface area contributed by atoms with E-state index in [1.807, 2.05) is 0 Å². The van der Waals surface area contributed by atoms with E-state index in [0.29, 0.717) is 0 Å². The second kappa shape index (κ2) is 4.53. The highest BCUT2D eigenvalue weighted by atomic mass is 32.2. The lowest BCUT2D eigenvalue weighted by atomic mass is 10.2. The molecule has 1 unspecified atom stereocenters. The van der Waals surface area contributed by atoms with E-state index >= 15 is 0 Å². The van der Waals surface area contributed by atoms with Crippen molar-refractivity contribution < 1.29 is 14.1 Å². The second-order valence-electron chi connectivity index (χ2n) is 3.45.